The molecule has 2 rings (SSSR count). The minimum Gasteiger partial charge on any atom is -0.506 e. The summed E-state index contributed by atoms with van der Waals surface area (Å²) in [6, 6.07) is 7.60. The molecule has 0 saturated carbocycles. The summed E-state index contributed by atoms with van der Waals surface area (Å²) < 4.78 is 14.2. The van der Waals surface area contributed by atoms with Crippen molar-refractivity contribution in [2.75, 3.05) is 0 Å². The zero-order valence-electron chi connectivity index (χ0n) is 8.35. The summed E-state index contributed by atoms with van der Waals surface area (Å²) >= 11 is 14.8. The van der Waals surface area contributed by atoms with Gasteiger partial charge >= 0.3 is 0 Å². The molecule has 0 heterocycles. The fraction of sp³-hybridized carbons (Fsp3) is 0. The van der Waals surface area contributed by atoms with Crippen molar-refractivity contribution >= 4 is 39.1 Å². The molecule has 2 aromatic rings. The maximum atomic E-state index is 13.9. The second-order valence-electron chi connectivity index (χ2n) is 3.38. The molecule has 0 spiro atoms. The van der Waals surface area contributed by atoms with E-state index in [1.54, 1.807) is 18.2 Å². The first-order valence-electron chi connectivity index (χ1n) is 4.63. The molecule has 0 aliphatic carbocycles. The highest BCUT2D eigenvalue weighted by Crippen LogP contribution is 2.38. The number of hydrogen-bond donors (Lipinski definition) is 1. The fourth-order valence-corrected chi connectivity index (χ4v) is 2.24. The highest BCUT2D eigenvalue weighted by molar-refractivity contribution is 9.10. The van der Waals surface area contributed by atoms with Gasteiger partial charge in [0, 0.05) is 17.2 Å². The number of hydrogen-bond acceptors (Lipinski definition) is 1. The van der Waals surface area contributed by atoms with E-state index in [2.05, 4.69) is 15.9 Å². The maximum Gasteiger partial charge on any atom is 0.145 e. The van der Waals surface area contributed by atoms with E-state index in [4.69, 9.17) is 23.2 Å². The van der Waals surface area contributed by atoms with Crippen LogP contribution < -0.4 is 0 Å². The largest absolute Gasteiger partial charge is 0.506 e. The Kier molecular flexibility index (Phi) is 3.61. The Balaban J connectivity index is 2.69. The molecule has 0 atom stereocenters. The van der Waals surface area contributed by atoms with Crippen molar-refractivity contribution < 1.29 is 9.50 Å². The van der Waals surface area contributed by atoms with E-state index in [0.29, 0.717) is 15.6 Å². The van der Waals surface area contributed by atoms with Gasteiger partial charge in [0.25, 0.3) is 0 Å². The SMILES string of the molecule is Oc1cc(Cl)c(-c2cccc(Br)c2F)cc1Cl. The molecule has 1 nitrogen and oxygen atoms in total. The molecule has 0 amide bonds. The highest BCUT2D eigenvalue weighted by atomic mass is 79.9. The zero-order valence-corrected chi connectivity index (χ0v) is 11.4. The second-order valence-corrected chi connectivity index (χ2v) is 5.05. The summed E-state index contributed by atoms with van der Waals surface area (Å²) in [6.45, 7) is 0. The first-order chi connectivity index (χ1) is 8.00. The van der Waals surface area contributed by atoms with Crippen LogP contribution in [-0.4, -0.2) is 5.11 Å². The van der Waals surface area contributed by atoms with Gasteiger partial charge in [-0.15, -0.1) is 0 Å². The lowest BCUT2D eigenvalue weighted by atomic mass is 10.0. The van der Waals surface area contributed by atoms with Crippen molar-refractivity contribution in [3.05, 3.63) is 50.7 Å². The molecule has 5 heteroatoms. The third-order valence-corrected chi connectivity index (χ3v) is 3.51. The molecule has 0 aliphatic heterocycles. The van der Waals surface area contributed by atoms with E-state index in [9.17, 15) is 9.50 Å². The molecule has 88 valence electrons. The van der Waals surface area contributed by atoms with Gasteiger partial charge in [-0.2, -0.15) is 0 Å². The van der Waals surface area contributed by atoms with Crippen LogP contribution >= 0.6 is 39.1 Å². The Morgan fingerprint density at radius 1 is 1.06 bits per heavy atom. The van der Waals surface area contributed by atoms with Crippen LogP contribution in [0, 0.1) is 5.82 Å². The lowest BCUT2D eigenvalue weighted by molar-refractivity contribution is 0.475. The predicted octanol–water partition coefficient (Wildman–Crippen LogP) is 5.27. The molecule has 2 aromatic carbocycles. The zero-order chi connectivity index (χ0) is 12.6. The molecule has 0 bridgehead atoms. The molecule has 0 aromatic heterocycles. The minimum absolute atomic E-state index is 0.128. The Hall–Kier alpha value is -0.770. The molecular weight excluding hydrogens is 330 g/mol. The van der Waals surface area contributed by atoms with Gasteiger partial charge in [0.2, 0.25) is 0 Å². The summed E-state index contributed by atoms with van der Waals surface area (Å²) in [6.07, 6.45) is 0. The molecule has 0 fully saturated rings. The van der Waals surface area contributed by atoms with Crippen molar-refractivity contribution in [2.24, 2.45) is 0 Å². The standard InChI is InChI=1S/C12H6BrCl2FO/c13-8-3-1-2-6(12(8)16)7-4-10(15)11(17)5-9(7)14/h1-5,17H. The van der Waals surface area contributed by atoms with E-state index in [0.717, 1.165) is 0 Å². The van der Waals surface area contributed by atoms with Crippen LogP contribution in [0.15, 0.2) is 34.8 Å². The quantitative estimate of drug-likeness (QED) is 0.752. The third kappa shape index (κ3) is 2.41. The molecule has 17 heavy (non-hydrogen) atoms. The van der Waals surface area contributed by atoms with Crippen LogP contribution in [0.2, 0.25) is 10.0 Å². The normalized spacial score (nSPS) is 10.6. The van der Waals surface area contributed by atoms with E-state index in [1.165, 1.54) is 12.1 Å². The summed E-state index contributed by atoms with van der Waals surface area (Å²) in [5.41, 5.74) is 0.763. The van der Waals surface area contributed by atoms with E-state index < -0.39 is 5.82 Å². The fourth-order valence-electron chi connectivity index (χ4n) is 1.45. The monoisotopic (exact) mass is 334 g/mol. The van der Waals surface area contributed by atoms with Gasteiger partial charge in [0.15, 0.2) is 0 Å². The van der Waals surface area contributed by atoms with Gasteiger partial charge in [-0.1, -0.05) is 35.3 Å². The van der Waals surface area contributed by atoms with Crippen LogP contribution in [0.4, 0.5) is 4.39 Å². The first kappa shape index (κ1) is 12.7. The Morgan fingerprint density at radius 2 is 1.76 bits per heavy atom. The Morgan fingerprint density at radius 3 is 2.47 bits per heavy atom. The number of aromatic hydroxyl groups is 1. The van der Waals surface area contributed by atoms with Crippen LogP contribution in [0.3, 0.4) is 0 Å². The average molecular weight is 336 g/mol. The smallest absolute Gasteiger partial charge is 0.145 e. The average Bonchev–Trinajstić information content (AvgIpc) is 2.28. The molecule has 0 aliphatic rings. The Labute approximate surface area is 116 Å². The lowest BCUT2D eigenvalue weighted by Gasteiger charge is -2.08. The predicted molar refractivity (Wildman–Crippen MR) is 71.2 cm³/mol. The molecule has 0 unspecified atom stereocenters. The molecular formula is C12H6BrCl2FO. The molecule has 1 N–H and O–H groups in total. The molecule has 0 radical (unpaired) electrons. The minimum atomic E-state index is -0.420. The third-order valence-electron chi connectivity index (χ3n) is 2.28. The van der Waals surface area contributed by atoms with Gasteiger partial charge in [-0.25, -0.2) is 4.39 Å². The highest BCUT2D eigenvalue weighted by Gasteiger charge is 2.13. The maximum absolute atomic E-state index is 13.9. The first-order valence-corrected chi connectivity index (χ1v) is 6.18. The van der Waals surface area contributed by atoms with Crippen LogP contribution in [0.1, 0.15) is 0 Å². The number of rotatable bonds is 1. The summed E-state index contributed by atoms with van der Waals surface area (Å²) in [4.78, 5) is 0. The van der Waals surface area contributed by atoms with Crippen molar-refractivity contribution in [1.82, 2.24) is 0 Å². The van der Waals surface area contributed by atoms with Gasteiger partial charge in [0.1, 0.15) is 11.6 Å². The number of phenols is 1. The summed E-state index contributed by atoms with van der Waals surface area (Å²) in [5, 5.41) is 9.74. The number of phenolic OH excluding ortho intramolecular Hbond substituents is 1. The van der Waals surface area contributed by atoms with Crippen LogP contribution in [0.25, 0.3) is 11.1 Å². The van der Waals surface area contributed by atoms with Crippen molar-refractivity contribution in [3.8, 4) is 16.9 Å². The number of benzene rings is 2. The van der Waals surface area contributed by atoms with Crippen molar-refractivity contribution in [3.63, 3.8) is 0 Å². The van der Waals surface area contributed by atoms with Crippen LogP contribution in [-0.2, 0) is 0 Å². The van der Waals surface area contributed by atoms with Crippen molar-refractivity contribution in [1.29, 1.82) is 0 Å². The number of halogens is 4. The second kappa shape index (κ2) is 4.84. The Bertz CT molecular complexity index is 587. The van der Waals surface area contributed by atoms with Gasteiger partial charge in [-0.3, -0.25) is 0 Å². The topological polar surface area (TPSA) is 20.2 Å². The summed E-state index contributed by atoms with van der Waals surface area (Å²) in [5.74, 6) is -0.549. The van der Waals surface area contributed by atoms with E-state index in [1.807, 2.05) is 0 Å². The van der Waals surface area contributed by atoms with Gasteiger partial charge in [-0.05, 0) is 28.1 Å². The lowest BCUT2D eigenvalue weighted by Crippen LogP contribution is -1.87. The van der Waals surface area contributed by atoms with Crippen molar-refractivity contribution in [2.45, 2.75) is 0 Å². The summed E-state index contributed by atoms with van der Waals surface area (Å²) in [7, 11) is 0. The van der Waals surface area contributed by atoms with Gasteiger partial charge < -0.3 is 5.11 Å². The van der Waals surface area contributed by atoms with E-state index >= 15 is 0 Å². The van der Waals surface area contributed by atoms with Gasteiger partial charge in [0.05, 0.1) is 14.5 Å². The van der Waals surface area contributed by atoms with E-state index in [-0.39, 0.29) is 15.8 Å². The molecule has 0 saturated heterocycles. The van der Waals surface area contributed by atoms with Crippen LogP contribution in [0.5, 0.6) is 5.75 Å².